The van der Waals surface area contributed by atoms with E-state index in [1.807, 2.05) is 36.4 Å². The molecule has 4 aromatic rings. The Morgan fingerprint density at radius 1 is 0.727 bits per heavy atom. The Bertz CT molecular complexity index is 1010. The van der Waals surface area contributed by atoms with Crippen molar-refractivity contribution < 1.29 is 0 Å². The van der Waals surface area contributed by atoms with Crippen molar-refractivity contribution >= 4 is 45.0 Å². The molecule has 0 aliphatic heterocycles. The van der Waals surface area contributed by atoms with Gasteiger partial charge in [-0.25, -0.2) is 4.98 Å². The number of hydrogen-bond acceptors (Lipinski definition) is 2. The van der Waals surface area contributed by atoms with E-state index in [0.717, 1.165) is 33.1 Å². The van der Waals surface area contributed by atoms with Gasteiger partial charge >= 0.3 is 0 Å². The molecule has 106 valence electrons. The van der Waals surface area contributed by atoms with Crippen molar-refractivity contribution in [3.05, 3.63) is 70.8 Å². The van der Waals surface area contributed by atoms with Gasteiger partial charge < -0.3 is 0 Å². The van der Waals surface area contributed by atoms with E-state index in [-0.39, 0.29) is 0 Å². The van der Waals surface area contributed by atoms with Crippen LogP contribution in [0.1, 0.15) is 0 Å². The number of hydrogen-bond donors (Lipinski definition) is 0. The van der Waals surface area contributed by atoms with Crippen LogP contribution in [0, 0.1) is 0 Å². The summed E-state index contributed by atoms with van der Waals surface area (Å²) in [5, 5.41) is 3.27. The Balaban J connectivity index is 1.94. The maximum Gasteiger partial charge on any atom is 0.0717 e. The van der Waals surface area contributed by atoms with Crippen LogP contribution < -0.4 is 0 Å². The molecule has 0 atom stereocenters. The quantitative estimate of drug-likeness (QED) is 0.416. The first-order chi connectivity index (χ1) is 10.7. The Labute approximate surface area is 137 Å². The SMILES string of the molecule is Clc1ccc(-c2ccc3c(ccc4ncccc43)n2)cc1Cl. The van der Waals surface area contributed by atoms with Crippen molar-refractivity contribution in [2.75, 3.05) is 0 Å². The molecule has 22 heavy (non-hydrogen) atoms. The van der Waals surface area contributed by atoms with Crippen LogP contribution in [0.3, 0.4) is 0 Å². The Hall–Kier alpha value is -2.16. The highest BCUT2D eigenvalue weighted by Crippen LogP contribution is 2.30. The van der Waals surface area contributed by atoms with Gasteiger partial charge in [0.25, 0.3) is 0 Å². The number of fused-ring (bicyclic) bond motifs is 3. The number of nitrogens with zero attached hydrogens (tertiary/aromatic N) is 2. The smallest absolute Gasteiger partial charge is 0.0717 e. The molecule has 0 spiro atoms. The molecular weight excluding hydrogens is 315 g/mol. The van der Waals surface area contributed by atoms with Gasteiger partial charge in [0.05, 0.1) is 26.8 Å². The lowest BCUT2D eigenvalue weighted by molar-refractivity contribution is 1.39. The van der Waals surface area contributed by atoms with E-state index in [1.165, 1.54) is 0 Å². The van der Waals surface area contributed by atoms with E-state index >= 15 is 0 Å². The van der Waals surface area contributed by atoms with Crippen molar-refractivity contribution in [1.82, 2.24) is 9.97 Å². The van der Waals surface area contributed by atoms with E-state index < -0.39 is 0 Å². The topological polar surface area (TPSA) is 25.8 Å². The summed E-state index contributed by atoms with van der Waals surface area (Å²) in [6.07, 6.45) is 1.80. The Morgan fingerprint density at radius 2 is 1.55 bits per heavy atom. The number of aromatic nitrogens is 2. The zero-order valence-corrected chi connectivity index (χ0v) is 12.9. The van der Waals surface area contributed by atoms with E-state index in [9.17, 15) is 0 Å². The average Bonchev–Trinajstić information content (AvgIpc) is 2.56. The fourth-order valence-electron chi connectivity index (χ4n) is 2.58. The maximum atomic E-state index is 6.09. The number of benzene rings is 2. The first kappa shape index (κ1) is 13.5. The highest BCUT2D eigenvalue weighted by molar-refractivity contribution is 6.42. The summed E-state index contributed by atoms with van der Waals surface area (Å²) < 4.78 is 0. The molecule has 0 fully saturated rings. The van der Waals surface area contributed by atoms with E-state index in [2.05, 4.69) is 17.1 Å². The first-order valence-corrected chi connectivity index (χ1v) is 7.58. The van der Waals surface area contributed by atoms with Crippen LogP contribution in [0.5, 0.6) is 0 Å². The number of rotatable bonds is 1. The van der Waals surface area contributed by atoms with Crippen LogP contribution in [0.2, 0.25) is 10.0 Å². The van der Waals surface area contributed by atoms with Crippen LogP contribution in [0.25, 0.3) is 33.1 Å². The second-order valence-electron chi connectivity index (χ2n) is 5.03. The predicted molar refractivity (Wildman–Crippen MR) is 92.5 cm³/mol. The minimum absolute atomic E-state index is 0.531. The largest absolute Gasteiger partial charge is 0.256 e. The third-order valence-electron chi connectivity index (χ3n) is 3.67. The highest BCUT2D eigenvalue weighted by Gasteiger charge is 2.07. The third-order valence-corrected chi connectivity index (χ3v) is 4.41. The zero-order valence-electron chi connectivity index (χ0n) is 11.4. The molecule has 0 saturated heterocycles. The summed E-state index contributed by atoms with van der Waals surface area (Å²) in [4.78, 5) is 9.11. The van der Waals surface area contributed by atoms with Crippen LogP contribution in [-0.2, 0) is 0 Å². The summed E-state index contributed by atoms with van der Waals surface area (Å²) in [6.45, 7) is 0. The van der Waals surface area contributed by atoms with Crippen molar-refractivity contribution in [3.8, 4) is 11.3 Å². The average molecular weight is 325 g/mol. The van der Waals surface area contributed by atoms with Crippen LogP contribution in [0.4, 0.5) is 0 Å². The molecule has 0 N–H and O–H groups in total. The molecule has 0 amide bonds. The van der Waals surface area contributed by atoms with Gasteiger partial charge in [-0.3, -0.25) is 4.98 Å². The molecule has 0 aliphatic rings. The van der Waals surface area contributed by atoms with E-state index in [0.29, 0.717) is 10.0 Å². The lowest BCUT2D eigenvalue weighted by Gasteiger charge is -2.06. The van der Waals surface area contributed by atoms with Gasteiger partial charge in [0.15, 0.2) is 0 Å². The Kier molecular flexibility index (Phi) is 3.21. The van der Waals surface area contributed by atoms with Gasteiger partial charge in [-0.1, -0.05) is 35.3 Å². The van der Waals surface area contributed by atoms with Gasteiger partial charge in [0.2, 0.25) is 0 Å². The summed E-state index contributed by atoms with van der Waals surface area (Å²) in [6, 6.07) is 17.6. The molecule has 4 heteroatoms. The lowest BCUT2D eigenvalue weighted by atomic mass is 10.1. The van der Waals surface area contributed by atoms with Crippen LogP contribution in [-0.4, -0.2) is 9.97 Å². The summed E-state index contributed by atoms with van der Waals surface area (Å²) in [5.74, 6) is 0. The van der Waals surface area contributed by atoms with Gasteiger partial charge in [-0.15, -0.1) is 0 Å². The third kappa shape index (κ3) is 2.21. The fourth-order valence-corrected chi connectivity index (χ4v) is 2.88. The molecule has 2 aromatic carbocycles. The monoisotopic (exact) mass is 324 g/mol. The van der Waals surface area contributed by atoms with Crippen molar-refractivity contribution in [3.63, 3.8) is 0 Å². The second kappa shape index (κ2) is 5.24. The summed E-state index contributed by atoms with van der Waals surface area (Å²) in [7, 11) is 0. The Morgan fingerprint density at radius 3 is 2.41 bits per heavy atom. The van der Waals surface area contributed by atoms with E-state index in [4.69, 9.17) is 28.2 Å². The molecule has 0 radical (unpaired) electrons. The standard InChI is InChI=1S/C18H10Cl2N2/c19-14-5-3-11(10-15(14)20)16-6-4-13-12-2-1-9-21-17(12)7-8-18(13)22-16/h1-10H. The number of halogens is 2. The van der Waals surface area contributed by atoms with E-state index in [1.54, 1.807) is 12.3 Å². The van der Waals surface area contributed by atoms with Crippen molar-refractivity contribution in [1.29, 1.82) is 0 Å². The summed E-state index contributed by atoms with van der Waals surface area (Å²) >= 11 is 12.1. The lowest BCUT2D eigenvalue weighted by Crippen LogP contribution is -1.87. The first-order valence-electron chi connectivity index (χ1n) is 6.82. The van der Waals surface area contributed by atoms with Gasteiger partial charge in [-0.2, -0.15) is 0 Å². The number of pyridine rings is 2. The molecule has 2 heterocycles. The minimum atomic E-state index is 0.531. The molecule has 2 aromatic heterocycles. The molecule has 0 saturated carbocycles. The molecule has 0 bridgehead atoms. The van der Waals surface area contributed by atoms with Gasteiger partial charge in [-0.05, 0) is 42.5 Å². The minimum Gasteiger partial charge on any atom is -0.256 e. The summed E-state index contributed by atoms with van der Waals surface area (Å²) in [5.41, 5.74) is 3.72. The van der Waals surface area contributed by atoms with Crippen molar-refractivity contribution in [2.24, 2.45) is 0 Å². The predicted octanol–water partition coefficient (Wildman–Crippen LogP) is 5.76. The van der Waals surface area contributed by atoms with Crippen LogP contribution in [0.15, 0.2) is 60.8 Å². The maximum absolute atomic E-state index is 6.09. The second-order valence-corrected chi connectivity index (χ2v) is 5.84. The molecule has 0 unspecified atom stereocenters. The molecule has 0 aliphatic carbocycles. The van der Waals surface area contributed by atoms with Crippen LogP contribution >= 0.6 is 23.2 Å². The fraction of sp³-hybridized carbons (Fsp3) is 0. The normalized spacial score (nSPS) is 11.2. The highest BCUT2D eigenvalue weighted by atomic mass is 35.5. The van der Waals surface area contributed by atoms with Crippen molar-refractivity contribution in [2.45, 2.75) is 0 Å². The van der Waals surface area contributed by atoms with Gasteiger partial charge in [0.1, 0.15) is 0 Å². The molecule has 2 nitrogen and oxygen atoms in total. The van der Waals surface area contributed by atoms with Gasteiger partial charge in [0, 0.05) is 22.5 Å². The molecule has 4 rings (SSSR count). The molecular formula is C18H10Cl2N2. The zero-order chi connectivity index (χ0) is 15.1.